The first kappa shape index (κ1) is 36.1. The summed E-state index contributed by atoms with van der Waals surface area (Å²) >= 11 is 0. The lowest BCUT2D eigenvalue weighted by molar-refractivity contribution is -0.163. The number of halogens is 1. The van der Waals surface area contributed by atoms with Gasteiger partial charge in [-0.1, -0.05) is 134 Å². The van der Waals surface area contributed by atoms with Crippen LogP contribution in [0.1, 0.15) is 141 Å². The average Bonchev–Trinajstić information content (AvgIpc) is 2.96. The highest BCUT2D eigenvalue weighted by atomic mass is 19.1. The van der Waals surface area contributed by atoms with Crippen molar-refractivity contribution in [2.75, 3.05) is 19.9 Å². The Morgan fingerprint density at radius 2 is 1.15 bits per heavy atom. The largest absolute Gasteiger partial charge is 0.462 e. The Labute approximate surface area is 243 Å². The Hall–Kier alpha value is -1.95. The Kier molecular flexibility index (Phi) is 24.6. The van der Waals surface area contributed by atoms with Gasteiger partial charge in [-0.3, -0.25) is 14.0 Å². The van der Waals surface area contributed by atoms with Gasteiger partial charge in [0.15, 0.2) is 6.10 Å². The molecule has 0 aliphatic heterocycles. The summed E-state index contributed by atoms with van der Waals surface area (Å²) in [5, 5.41) is 0. The normalized spacial score (nSPS) is 11.8. The molecule has 40 heavy (non-hydrogen) atoms. The van der Waals surface area contributed by atoms with E-state index in [2.05, 4.69) is 6.92 Å². The van der Waals surface area contributed by atoms with E-state index >= 15 is 0 Å². The van der Waals surface area contributed by atoms with Crippen molar-refractivity contribution >= 4 is 11.9 Å². The molecule has 0 unspecified atom stereocenters. The van der Waals surface area contributed by atoms with E-state index < -0.39 is 6.10 Å². The lowest BCUT2D eigenvalue weighted by atomic mass is 10.0. The van der Waals surface area contributed by atoms with Crippen molar-refractivity contribution in [1.82, 2.24) is 0 Å². The predicted molar refractivity (Wildman–Crippen MR) is 161 cm³/mol. The maximum Gasteiger partial charge on any atom is 0.306 e. The Balaban J connectivity index is 2.22. The molecule has 0 bridgehead atoms. The van der Waals surface area contributed by atoms with Crippen molar-refractivity contribution in [1.29, 1.82) is 0 Å². The fourth-order valence-electron chi connectivity index (χ4n) is 4.68. The molecule has 0 saturated heterocycles. The number of ether oxygens (including phenoxy) is 3. The van der Waals surface area contributed by atoms with Crippen molar-refractivity contribution in [2.45, 2.75) is 148 Å². The fourth-order valence-corrected chi connectivity index (χ4v) is 4.68. The highest BCUT2D eigenvalue weighted by Gasteiger charge is 2.17. The van der Waals surface area contributed by atoms with E-state index in [0.29, 0.717) is 25.9 Å². The standard InChI is InChI=1S/C34H57FO5/c1-2-3-4-5-6-7-8-9-10-11-12-14-21-26-34(37)40-32(29-38-28-31-23-18-17-19-24-31)30-39-33(36)25-20-15-13-16-22-27-35/h17-19,23-24,32H,2-16,20-22,25-30H2,1H3/t32-/m0/s1. The van der Waals surface area contributed by atoms with Gasteiger partial charge in [0, 0.05) is 12.8 Å². The molecule has 1 aromatic carbocycles. The molecular formula is C34H57FO5. The van der Waals surface area contributed by atoms with E-state index in [-0.39, 0.29) is 31.8 Å². The van der Waals surface area contributed by atoms with E-state index in [1.165, 1.54) is 64.2 Å². The van der Waals surface area contributed by atoms with Gasteiger partial charge in [-0.2, -0.15) is 0 Å². The average molecular weight is 565 g/mol. The van der Waals surface area contributed by atoms with Gasteiger partial charge in [-0.25, -0.2) is 0 Å². The minimum absolute atomic E-state index is 0.000180. The zero-order valence-corrected chi connectivity index (χ0v) is 25.4. The summed E-state index contributed by atoms with van der Waals surface area (Å²) in [6.45, 7) is 2.55. The number of hydrogen-bond donors (Lipinski definition) is 0. The fraction of sp³-hybridized carbons (Fsp3) is 0.765. The van der Waals surface area contributed by atoms with Crippen LogP contribution in [-0.2, 0) is 30.4 Å². The molecule has 0 radical (unpaired) electrons. The van der Waals surface area contributed by atoms with E-state index in [4.69, 9.17) is 14.2 Å². The molecule has 0 fully saturated rings. The third-order valence-electron chi connectivity index (χ3n) is 7.14. The number of carbonyl (C=O) groups excluding carboxylic acids is 2. The number of unbranched alkanes of at least 4 members (excludes halogenated alkanes) is 16. The predicted octanol–water partition coefficient (Wildman–Crippen LogP) is 9.45. The zero-order chi connectivity index (χ0) is 28.9. The lowest BCUT2D eigenvalue weighted by Crippen LogP contribution is -2.29. The summed E-state index contributed by atoms with van der Waals surface area (Å²) < 4.78 is 29.0. The summed E-state index contributed by atoms with van der Waals surface area (Å²) in [4.78, 5) is 24.6. The Morgan fingerprint density at radius 3 is 1.70 bits per heavy atom. The third-order valence-corrected chi connectivity index (χ3v) is 7.14. The Morgan fingerprint density at radius 1 is 0.650 bits per heavy atom. The molecule has 0 saturated carbocycles. The lowest BCUT2D eigenvalue weighted by Gasteiger charge is -2.18. The van der Waals surface area contributed by atoms with E-state index in [9.17, 15) is 14.0 Å². The van der Waals surface area contributed by atoms with Crippen molar-refractivity contribution in [3.8, 4) is 0 Å². The first-order valence-electron chi connectivity index (χ1n) is 16.2. The second-order valence-corrected chi connectivity index (χ2v) is 11.0. The van der Waals surface area contributed by atoms with Gasteiger partial charge in [-0.15, -0.1) is 0 Å². The summed E-state index contributed by atoms with van der Waals surface area (Å²) in [6, 6.07) is 9.80. The molecule has 5 nitrogen and oxygen atoms in total. The van der Waals surface area contributed by atoms with Gasteiger partial charge in [-0.05, 0) is 24.8 Å². The SMILES string of the molecule is CCCCCCCCCCCCCCCC(=O)O[C@@H](COCc1ccccc1)COC(=O)CCCCCCCF. The smallest absolute Gasteiger partial charge is 0.306 e. The summed E-state index contributed by atoms with van der Waals surface area (Å²) in [5.74, 6) is -0.564. The number of alkyl halides is 1. The Bertz CT molecular complexity index is 712. The van der Waals surface area contributed by atoms with Crippen molar-refractivity contribution < 1.29 is 28.2 Å². The molecule has 0 aliphatic carbocycles. The number of esters is 2. The maximum atomic E-state index is 12.5. The third kappa shape index (κ3) is 22.8. The van der Waals surface area contributed by atoms with Crippen molar-refractivity contribution in [2.24, 2.45) is 0 Å². The molecule has 0 N–H and O–H groups in total. The summed E-state index contributed by atoms with van der Waals surface area (Å²) in [5.41, 5.74) is 1.03. The van der Waals surface area contributed by atoms with Crippen LogP contribution in [0.2, 0.25) is 0 Å². The van der Waals surface area contributed by atoms with Crippen LogP contribution in [0.25, 0.3) is 0 Å². The van der Waals surface area contributed by atoms with Crippen LogP contribution in [0.15, 0.2) is 30.3 Å². The molecule has 1 aromatic rings. The van der Waals surface area contributed by atoms with E-state index in [1.54, 1.807) is 0 Å². The number of carbonyl (C=O) groups is 2. The van der Waals surface area contributed by atoms with Crippen LogP contribution in [0.4, 0.5) is 4.39 Å². The second-order valence-electron chi connectivity index (χ2n) is 11.0. The highest BCUT2D eigenvalue weighted by molar-refractivity contribution is 5.70. The molecular weight excluding hydrogens is 507 g/mol. The van der Waals surface area contributed by atoms with Gasteiger partial charge in [0.25, 0.3) is 0 Å². The van der Waals surface area contributed by atoms with E-state index in [0.717, 1.165) is 50.5 Å². The highest BCUT2D eigenvalue weighted by Crippen LogP contribution is 2.14. The first-order chi connectivity index (χ1) is 19.7. The second kappa shape index (κ2) is 27.2. The number of rotatable bonds is 28. The van der Waals surface area contributed by atoms with Crippen molar-refractivity contribution in [3.05, 3.63) is 35.9 Å². The molecule has 6 heteroatoms. The minimum atomic E-state index is -0.619. The summed E-state index contributed by atoms with van der Waals surface area (Å²) in [7, 11) is 0. The van der Waals surface area contributed by atoms with Crippen LogP contribution < -0.4 is 0 Å². The minimum Gasteiger partial charge on any atom is -0.462 e. The molecule has 0 heterocycles. The van der Waals surface area contributed by atoms with E-state index in [1.807, 2.05) is 30.3 Å². The van der Waals surface area contributed by atoms with Crippen LogP contribution in [0.5, 0.6) is 0 Å². The summed E-state index contributed by atoms with van der Waals surface area (Å²) in [6.07, 6.45) is 20.4. The van der Waals surface area contributed by atoms with Gasteiger partial charge < -0.3 is 14.2 Å². The maximum absolute atomic E-state index is 12.5. The molecule has 0 aliphatic rings. The van der Waals surface area contributed by atoms with Gasteiger partial charge in [0.1, 0.15) is 6.61 Å². The van der Waals surface area contributed by atoms with Crippen LogP contribution in [0, 0.1) is 0 Å². The number of benzene rings is 1. The van der Waals surface area contributed by atoms with Gasteiger partial charge >= 0.3 is 11.9 Å². The topological polar surface area (TPSA) is 61.8 Å². The molecule has 0 amide bonds. The molecule has 0 aromatic heterocycles. The molecule has 1 rings (SSSR count). The monoisotopic (exact) mass is 564 g/mol. The zero-order valence-electron chi connectivity index (χ0n) is 25.4. The van der Waals surface area contributed by atoms with Crippen molar-refractivity contribution in [3.63, 3.8) is 0 Å². The molecule has 0 spiro atoms. The van der Waals surface area contributed by atoms with Gasteiger partial charge in [0.05, 0.1) is 19.9 Å². The van der Waals surface area contributed by atoms with Gasteiger partial charge in [0.2, 0.25) is 0 Å². The quantitative estimate of drug-likeness (QED) is 0.0749. The number of hydrogen-bond acceptors (Lipinski definition) is 5. The molecule has 230 valence electrons. The van der Waals surface area contributed by atoms with Crippen LogP contribution >= 0.6 is 0 Å². The first-order valence-corrected chi connectivity index (χ1v) is 16.2. The molecule has 1 atom stereocenters. The van der Waals surface area contributed by atoms with Crippen LogP contribution in [0.3, 0.4) is 0 Å². The van der Waals surface area contributed by atoms with Crippen LogP contribution in [-0.4, -0.2) is 37.9 Å².